The van der Waals surface area contributed by atoms with Gasteiger partial charge in [0.15, 0.2) is 12.1 Å². The summed E-state index contributed by atoms with van der Waals surface area (Å²) in [7, 11) is 0. The summed E-state index contributed by atoms with van der Waals surface area (Å²) < 4.78 is 20.0. The SMILES string of the molecule is Nc1cc[n+]([C@@H]2CO[C@H](COC(c3ccccc3)(c3ccccc3)c3ccccc3)O2)c(=O)[nH]1. The van der Waals surface area contributed by atoms with Crippen molar-refractivity contribution < 1.29 is 18.8 Å². The van der Waals surface area contributed by atoms with Crippen LogP contribution in [0.4, 0.5) is 5.82 Å². The van der Waals surface area contributed by atoms with Gasteiger partial charge >= 0.3 is 5.69 Å². The molecule has 0 bridgehead atoms. The number of aromatic amines is 1. The van der Waals surface area contributed by atoms with Crippen molar-refractivity contribution in [3.63, 3.8) is 0 Å². The third-order valence-electron chi connectivity index (χ3n) is 5.92. The number of H-pyrrole nitrogens is 1. The zero-order valence-electron chi connectivity index (χ0n) is 18.5. The van der Waals surface area contributed by atoms with Gasteiger partial charge in [-0.3, -0.25) is 0 Å². The van der Waals surface area contributed by atoms with Gasteiger partial charge in [-0.1, -0.05) is 91.0 Å². The number of ether oxygens (including phenoxy) is 3. The Kier molecular flexibility index (Phi) is 6.22. The maximum Gasteiger partial charge on any atom is 0.499 e. The Balaban J connectivity index is 1.47. The van der Waals surface area contributed by atoms with Crippen molar-refractivity contribution in [1.82, 2.24) is 4.98 Å². The highest BCUT2D eigenvalue weighted by Gasteiger charge is 2.40. The molecule has 172 valence electrons. The number of nitrogen functional groups attached to an aromatic ring is 1. The predicted molar refractivity (Wildman–Crippen MR) is 127 cm³/mol. The van der Waals surface area contributed by atoms with Crippen LogP contribution in [0, 0.1) is 0 Å². The Morgan fingerprint density at radius 3 is 1.91 bits per heavy atom. The van der Waals surface area contributed by atoms with E-state index in [1.807, 2.05) is 54.6 Å². The van der Waals surface area contributed by atoms with Gasteiger partial charge in [0.1, 0.15) is 18.4 Å². The zero-order chi connectivity index (χ0) is 23.4. The summed E-state index contributed by atoms with van der Waals surface area (Å²) >= 11 is 0. The molecule has 0 unspecified atom stereocenters. The highest BCUT2D eigenvalue weighted by molar-refractivity contribution is 5.47. The fourth-order valence-electron chi connectivity index (χ4n) is 4.32. The molecule has 3 aromatic carbocycles. The van der Waals surface area contributed by atoms with Crippen LogP contribution in [-0.2, 0) is 19.8 Å². The van der Waals surface area contributed by atoms with Crippen LogP contribution in [0.5, 0.6) is 0 Å². The molecular formula is C27H26N3O4+. The first-order valence-corrected chi connectivity index (χ1v) is 11.1. The van der Waals surface area contributed by atoms with E-state index in [1.54, 1.807) is 12.3 Å². The summed E-state index contributed by atoms with van der Waals surface area (Å²) in [5.41, 5.74) is 7.40. The first-order valence-electron chi connectivity index (χ1n) is 11.1. The molecule has 2 heterocycles. The minimum Gasteiger partial charge on any atom is -0.366 e. The van der Waals surface area contributed by atoms with Crippen LogP contribution in [0.3, 0.4) is 0 Å². The highest BCUT2D eigenvalue weighted by Crippen LogP contribution is 2.40. The van der Waals surface area contributed by atoms with Gasteiger partial charge in [0.25, 0.3) is 0 Å². The van der Waals surface area contributed by atoms with E-state index in [0.29, 0.717) is 5.82 Å². The summed E-state index contributed by atoms with van der Waals surface area (Å²) in [6.07, 6.45) is 0.371. The molecule has 34 heavy (non-hydrogen) atoms. The summed E-state index contributed by atoms with van der Waals surface area (Å²) in [5.74, 6) is 0.290. The molecule has 0 radical (unpaired) electrons. The average molecular weight is 457 g/mol. The predicted octanol–water partition coefficient (Wildman–Crippen LogP) is 3.12. The molecule has 2 atom stereocenters. The number of benzene rings is 3. The van der Waals surface area contributed by atoms with Gasteiger partial charge in [0.05, 0.1) is 6.61 Å². The second kappa shape index (κ2) is 9.61. The van der Waals surface area contributed by atoms with Crippen molar-refractivity contribution in [2.24, 2.45) is 0 Å². The van der Waals surface area contributed by atoms with E-state index in [4.69, 9.17) is 19.9 Å². The number of aromatic nitrogens is 2. The Labute approximate surface area is 197 Å². The van der Waals surface area contributed by atoms with E-state index in [1.165, 1.54) is 4.57 Å². The normalized spacial score (nSPS) is 18.1. The Bertz CT molecular complexity index is 1180. The Morgan fingerprint density at radius 1 is 0.882 bits per heavy atom. The fourth-order valence-corrected chi connectivity index (χ4v) is 4.32. The lowest BCUT2D eigenvalue weighted by Gasteiger charge is -2.36. The van der Waals surface area contributed by atoms with E-state index in [2.05, 4.69) is 41.4 Å². The number of anilines is 1. The van der Waals surface area contributed by atoms with E-state index >= 15 is 0 Å². The van der Waals surface area contributed by atoms with Gasteiger partial charge in [-0.05, 0) is 16.7 Å². The third-order valence-corrected chi connectivity index (χ3v) is 5.92. The second-order valence-corrected chi connectivity index (χ2v) is 8.05. The summed E-state index contributed by atoms with van der Waals surface area (Å²) in [6.45, 7) is 0.378. The molecule has 1 aliphatic heterocycles. The summed E-state index contributed by atoms with van der Waals surface area (Å²) in [6, 6.07) is 31.9. The van der Waals surface area contributed by atoms with Crippen LogP contribution in [0.2, 0.25) is 0 Å². The molecule has 1 aromatic heterocycles. The minimum absolute atomic E-state index is 0.155. The molecule has 0 spiro atoms. The molecular weight excluding hydrogens is 430 g/mol. The average Bonchev–Trinajstić information content (AvgIpc) is 3.35. The second-order valence-electron chi connectivity index (χ2n) is 8.05. The number of nitrogens with two attached hydrogens (primary N) is 1. The van der Waals surface area contributed by atoms with E-state index in [0.717, 1.165) is 16.7 Å². The molecule has 0 amide bonds. The molecule has 0 aliphatic carbocycles. The van der Waals surface area contributed by atoms with Crippen LogP contribution < -0.4 is 16.0 Å². The molecule has 1 saturated heterocycles. The molecule has 1 aliphatic rings. The van der Waals surface area contributed by atoms with Crippen molar-refractivity contribution in [1.29, 1.82) is 0 Å². The molecule has 4 aromatic rings. The topological polar surface area (TPSA) is 90.4 Å². The van der Waals surface area contributed by atoms with Gasteiger partial charge in [0.2, 0.25) is 6.23 Å². The maximum absolute atomic E-state index is 12.3. The number of nitrogens with zero attached hydrogens (tertiary/aromatic N) is 1. The van der Waals surface area contributed by atoms with Crippen molar-refractivity contribution in [2.75, 3.05) is 18.9 Å². The van der Waals surface area contributed by atoms with Crippen LogP contribution in [-0.4, -0.2) is 24.5 Å². The smallest absolute Gasteiger partial charge is 0.366 e. The van der Waals surface area contributed by atoms with Crippen molar-refractivity contribution in [3.05, 3.63) is 130 Å². The number of hydrogen-bond acceptors (Lipinski definition) is 5. The van der Waals surface area contributed by atoms with Crippen molar-refractivity contribution in [2.45, 2.75) is 18.1 Å². The van der Waals surface area contributed by atoms with Gasteiger partial charge in [-0.25, -0.2) is 0 Å². The minimum atomic E-state index is -0.875. The lowest BCUT2D eigenvalue weighted by atomic mass is 9.80. The van der Waals surface area contributed by atoms with E-state index in [9.17, 15) is 4.79 Å². The molecule has 5 rings (SSSR count). The quantitative estimate of drug-likeness (QED) is 0.329. The van der Waals surface area contributed by atoms with Gasteiger partial charge < -0.3 is 19.9 Å². The Morgan fingerprint density at radius 2 is 1.41 bits per heavy atom. The summed E-state index contributed by atoms with van der Waals surface area (Å²) in [5, 5.41) is 0. The first-order chi connectivity index (χ1) is 16.7. The monoisotopic (exact) mass is 456 g/mol. The number of rotatable bonds is 7. The van der Waals surface area contributed by atoms with Crippen molar-refractivity contribution >= 4 is 5.82 Å². The number of hydrogen-bond donors (Lipinski definition) is 2. The molecule has 0 saturated carbocycles. The molecule has 3 N–H and O–H groups in total. The molecule has 1 fully saturated rings. The number of nitrogens with one attached hydrogen (secondary N) is 1. The van der Waals surface area contributed by atoms with Crippen LogP contribution >= 0.6 is 0 Å². The highest BCUT2D eigenvalue weighted by atomic mass is 16.7. The van der Waals surface area contributed by atoms with Gasteiger partial charge in [-0.15, -0.1) is 0 Å². The maximum atomic E-state index is 12.3. The lowest BCUT2D eigenvalue weighted by molar-refractivity contribution is -0.771. The van der Waals surface area contributed by atoms with E-state index < -0.39 is 18.1 Å². The van der Waals surface area contributed by atoms with Gasteiger partial charge in [-0.2, -0.15) is 14.3 Å². The van der Waals surface area contributed by atoms with Crippen LogP contribution in [0.15, 0.2) is 108 Å². The zero-order valence-corrected chi connectivity index (χ0v) is 18.5. The molecule has 7 heteroatoms. The van der Waals surface area contributed by atoms with E-state index in [-0.39, 0.29) is 18.9 Å². The van der Waals surface area contributed by atoms with Gasteiger partial charge in [0, 0.05) is 6.07 Å². The first kappa shape index (κ1) is 22.0. The lowest BCUT2D eigenvalue weighted by Crippen LogP contribution is -2.55. The third kappa shape index (κ3) is 4.24. The van der Waals surface area contributed by atoms with Crippen LogP contribution in [0.1, 0.15) is 22.9 Å². The summed E-state index contributed by atoms with van der Waals surface area (Å²) in [4.78, 5) is 14.8. The van der Waals surface area contributed by atoms with Crippen LogP contribution in [0.25, 0.3) is 0 Å². The fraction of sp³-hybridized carbons (Fsp3) is 0.185. The Hall–Kier alpha value is -3.78. The largest absolute Gasteiger partial charge is 0.499 e. The van der Waals surface area contributed by atoms with Crippen molar-refractivity contribution in [3.8, 4) is 0 Å². The molecule has 7 nitrogen and oxygen atoms in total. The standard InChI is InChI=1S/C27H25N3O4/c28-23-16-17-30(26(31)29-23)24-18-32-25(34-24)19-33-27(20-10-4-1-5-11-20,21-12-6-2-7-13-21)22-14-8-3-9-15-22/h1-17,24-25H,18-19H2,(H2,28,29,31)/p+1/t24-,25-/m0/s1.